The number of rotatable bonds is 4. The maximum absolute atomic E-state index is 11.9. The first-order valence-electron chi connectivity index (χ1n) is 9.14. The Morgan fingerprint density at radius 1 is 1.16 bits per heavy atom. The molecule has 2 unspecified atom stereocenters. The first-order chi connectivity index (χ1) is 12.0. The summed E-state index contributed by atoms with van der Waals surface area (Å²) >= 11 is 0. The third-order valence-electron chi connectivity index (χ3n) is 5.23. The summed E-state index contributed by atoms with van der Waals surface area (Å²) in [5.41, 5.74) is 0. The molecular weight excluding hydrogens is 344 g/mol. The number of guanidine groups is 1. The van der Waals surface area contributed by atoms with Crippen LogP contribution in [0.15, 0.2) is 4.99 Å². The zero-order chi connectivity index (χ0) is 17.9. The number of morpholine rings is 1. The highest BCUT2D eigenvalue weighted by atomic mass is 32.2. The number of nitrogens with one attached hydrogen (secondary N) is 1. The fourth-order valence-corrected chi connectivity index (χ4v) is 5.16. The van der Waals surface area contributed by atoms with E-state index in [4.69, 9.17) is 9.47 Å². The molecule has 8 nitrogen and oxygen atoms in total. The van der Waals surface area contributed by atoms with Crippen LogP contribution in [-0.2, 0) is 19.5 Å². The van der Waals surface area contributed by atoms with Crippen molar-refractivity contribution in [1.29, 1.82) is 0 Å². The first-order valence-corrected chi connectivity index (χ1v) is 11.0. The van der Waals surface area contributed by atoms with Crippen LogP contribution in [-0.4, -0.2) is 94.5 Å². The minimum Gasteiger partial charge on any atom is -0.375 e. The van der Waals surface area contributed by atoms with Crippen LogP contribution in [0.3, 0.4) is 0 Å². The minimum atomic E-state index is -3.15. The molecule has 3 aliphatic rings. The normalized spacial score (nSPS) is 32.3. The Bertz CT molecular complexity index is 577. The standard InChI is InChI=1S/C16H30N4O4S/c1-17-16(18-11-13-5-3-7-20(13)25(2,21)22)19-8-10-24-15(12-19)14-6-4-9-23-14/h13-15H,3-12H2,1-2H3,(H,17,18)/t13-,14?,15?/m1/s1. The summed E-state index contributed by atoms with van der Waals surface area (Å²) in [7, 11) is -1.38. The van der Waals surface area contributed by atoms with E-state index in [2.05, 4.69) is 15.2 Å². The number of sulfonamides is 1. The molecule has 0 bridgehead atoms. The van der Waals surface area contributed by atoms with Crippen LogP contribution in [0, 0.1) is 0 Å². The Kier molecular flexibility index (Phi) is 6.19. The van der Waals surface area contributed by atoms with Gasteiger partial charge >= 0.3 is 0 Å². The summed E-state index contributed by atoms with van der Waals surface area (Å²) in [6.07, 6.45) is 5.49. The average Bonchev–Trinajstić information content (AvgIpc) is 3.27. The fourth-order valence-electron chi connectivity index (χ4n) is 3.98. The van der Waals surface area contributed by atoms with Crippen molar-refractivity contribution in [2.24, 2.45) is 4.99 Å². The molecule has 0 aromatic carbocycles. The molecule has 3 rings (SSSR count). The van der Waals surface area contributed by atoms with Crippen LogP contribution in [0.25, 0.3) is 0 Å². The zero-order valence-corrected chi connectivity index (χ0v) is 16.0. The SMILES string of the molecule is CN=C(NC[C@H]1CCCN1S(C)(=O)=O)N1CCOC(C2CCCO2)C1. The Morgan fingerprint density at radius 2 is 1.96 bits per heavy atom. The van der Waals surface area contributed by atoms with Crippen LogP contribution in [0.2, 0.25) is 0 Å². The monoisotopic (exact) mass is 374 g/mol. The number of ether oxygens (including phenoxy) is 2. The van der Waals surface area contributed by atoms with Crippen LogP contribution < -0.4 is 5.32 Å². The van der Waals surface area contributed by atoms with E-state index >= 15 is 0 Å². The highest BCUT2D eigenvalue weighted by Crippen LogP contribution is 2.22. The van der Waals surface area contributed by atoms with Crippen molar-refractivity contribution in [3.8, 4) is 0 Å². The van der Waals surface area contributed by atoms with Gasteiger partial charge in [-0.3, -0.25) is 4.99 Å². The van der Waals surface area contributed by atoms with Gasteiger partial charge in [-0.1, -0.05) is 0 Å². The number of hydrogen-bond donors (Lipinski definition) is 1. The molecular formula is C16H30N4O4S. The van der Waals surface area contributed by atoms with Crippen molar-refractivity contribution in [1.82, 2.24) is 14.5 Å². The summed E-state index contributed by atoms with van der Waals surface area (Å²) in [6.45, 7) is 4.21. The van der Waals surface area contributed by atoms with Gasteiger partial charge in [0.05, 0.1) is 19.0 Å². The van der Waals surface area contributed by atoms with E-state index in [0.29, 0.717) is 19.7 Å². The first kappa shape index (κ1) is 18.9. The molecule has 0 saturated carbocycles. The smallest absolute Gasteiger partial charge is 0.211 e. The van der Waals surface area contributed by atoms with Crippen molar-refractivity contribution < 1.29 is 17.9 Å². The second-order valence-corrected chi connectivity index (χ2v) is 8.94. The molecule has 25 heavy (non-hydrogen) atoms. The molecule has 144 valence electrons. The Morgan fingerprint density at radius 3 is 2.64 bits per heavy atom. The van der Waals surface area contributed by atoms with Crippen LogP contribution in [0.4, 0.5) is 0 Å². The zero-order valence-electron chi connectivity index (χ0n) is 15.2. The summed E-state index contributed by atoms with van der Waals surface area (Å²) < 4.78 is 37.0. The lowest BCUT2D eigenvalue weighted by Gasteiger charge is -2.37. The molecule has 0 amide bonds. The van der Waals surface area contributed by atoms with E-state index in [1.165, 1.54) is 6.26 Å². The second kappa shape index (κ2) is 8.20. The van der Waals surface area contributed by atoms with E-state index in [9.17, 15) is 8.42 Å². The lowest BCUT2D eigenvalue weighted by Crippen LogP contribution is -2.54. The van der Waals surface area contributed by atoms with Crippen LogP contribution in [0.1, 0.15) is 25.7 Å². The summed E-state index contributed by atoms with van der Waals surface area (Å²) in [4.78, 5) is 6.58. The molecule has 3 saturated heterocycles. The quantitative estimate of drug-likeness (QED) is 0.545. The molecule has 9 heteroatoms. The third-order valence-corrected chi connectivity index (χ3v) is 6.56. The van der Waals surface area contributed by atoms with E-state index < -0.39 is 10.0 Å². The minimum absolute atomic E-state index is 0.00162. The Labute approximate surface area is 150 Å². The van der Waals surface area contributed by atoms with Gasteiger partial charge in [-0.05, 0) is 25.7 Å². The number of hydrogen-bond acceptors (Lipinski definition) is 5. The van der Waals surface area contributed by atoms with Gasteiger partial charge in [0, 0.05) is 45.9 Å². The van der Waals surface area contributed by atoms with Gasteiger partial charge in [0.15, 0.2) is 5.96 Å². The molecule has 3 atom stereocenters. The summed E-state index contributed by atoms with van der Waals surface area (Å²) in [5.74, 6) is 0.812. The van der Waals surface area contributed by atoms with Crippen molar-refractivity contribution in [3.63, 3.8) is 0 Å². The van der Waals surface area contributed by atoms with Gasteiger partial charge < -0.3 is 19.7 Å². The average molecular weight is 375 g/mol. The highest BCUT2D eigenvalue weighted by Gasteiger charge is 2.34. The topological polar surface area (TPSA) is 83.5 Å². The second-order valence-electron chi connectivity index (χ2n) is 7.00. The molecule has 0 radical (unpaired) electrons. The summed E-state index contributed by atoms with van der Waals surface area (Å²) in [6, 6.07) is 0.00162. The van der Waals surface area contributed by atoms with Crippen molar-refractivity contribution >= 4 is 16.0 Å². The largest absolute Gasteiger partial charge is 0.375 e. The molecule has 3 fully saturated rings. The predicted molar refractivity (Wildman–Crippen MR) is 96.2 cm³/mol. The lowest BCUT2D eigenvalue weighted by atomic mass is 10.1. The van der Waals surface area contributed by atoms with Gasteiger partial charge in [0.2, 0.25) is 10.0 Å². The van der Waals surface area contributed by atoms with E-state index in [1.807, 2.05) is 0 Å². The molecule has 1 N–H and O–H groups in total. The van der Waals surface area contributed by atoms with Crippen LogP contribution >= 0.6 is 0 Å². The third kappa shape index (κ3) is 4.64. The van der Waals surface area contributed by atoms with E-state index in [1.54, 1.807) is 11.4 Å². The van der Waals surface area contributed by atoms with Crippen molar-refractivity contribution in [2.45, 2.75) is 43.9 Å². The predicted octanol–water partition coefficient (Wildman–Crippen LogP) is -0.134. The Hall–Kier alpha value is -0.900. The van der Waals surface area contributed by atoms with Crippen molar-refractivity contribution in [2.75, 3.05) is 52.7 Å². The van der Waals surface area contributed by atoms with Gasteiger partial charge in [-0.2, -0.15) is 4.31 Å². The fraction of sp³-hybridized carbons (Fsp3) is 0.938. The molecule has 0 aromatic rings. The molecule has 3 heterocycles. The van der Waals surface area contributed by atoms with Crippen molar-refractivity contribution in [3.05, 3.63) is 0 Å². The molecule has 0 aliphatic carbocycles. The maximum atomic E-state index is 11.9. The number of nitrogens with zero attached hydrogens (tertiary/aromatic N) is 3. The molecule has 0 aromatic heterocycles. The van der Waals surface area contributed by atoms with Crippen LogP contribution in [0.5, 0.6) is 0 Å². The van der Waals surface area contributed by atoms with Gasteiger partial charge in [0.1, 0.15) is 6.10 Å². The maximum Gasteiger partial charge on any atom is 0.211 e. The molecule has 3 aliphatic heterocycles. The number of aliphatic imine (C=N–C) groups is 1. The van der Waals surface area contributed by atoms with E-state index in [-0.39, 0.29) is 18.2 Å². The van der Waals surface area contributed by atoms with Gasteiger partial charge in [-0.25, -0.2) is 8.42 Å². The highest BCUT2D eigenvalue weighted by molar-refractivity contribution is 7.88. The summed E-state index contributed by atoms with van der Waals surface area (Å²) in [5, 5.41) is 3.37. The Balaban J connectivity index is 1.55. The van der Waals surface area contributed by atoms with E-state index in [0.717, 1.165) is 51.3 Å². The van der Waals surface area contributed by atoms with Gasteiger partial charge in [-0.15, -0.1) is 0 Å². The van der Waals surface area contributed by atoms with Gasteiger partial charge in [0.25, 0.3) is 0 Å². The molecule has 0 spiro atoms. The lowest BCUT2D eigenvalue weighted by molar-refractivity contribution is -0.0817.